The standard InChI is InChI=1S/C5H5BrFN/c6-4-1-2-8-5(7)3-4/h1-2,5H,3H2. The molecule has 1 unspecified atom stereocenters. The molecule has 0 aromatic rings. The van der Waals surface area contributed by atoms with Crippen LogP contribution in [0.2, 0.25) is 0 Å². The summed E-state index contributed by atoms with van der Waals surface area (Å²) in [7, 11) is 0. The normalized spacial score (nSPS) is 27.8. The molecule has 1 atom stereocenters. The average Bonchev–Trinajstić information content (AvgIpc) is 1.64. The Morgan fingerprint density at radius 2 is 2.62 bits per heavy atom. The lowest BCUT2D eigenvalue weighted by Gasteiger charge is -2.03. The van der Waals surface area contributed by atoms with Crippen LogP contribution < -0.4 is 0 Å². The fourth-order valence-electron chi connectivity index (χ4n) is 0.499. The molecule has 1 aliphatic heterocycles. The first-order valence-corrected chi connectivity index (χ1v) is 3.10. The maximum absolute atomic E-state index is 12.2. The minimum Gasteiger partial charge on any atom is -0.256 e. The molecule has 0 aromatic heterocycles. The first kappa shape index (κ1) is 5.95. The topological polar surface area (TPSA) is 12.4 Å². The van der Waals surface area contributed by atoms with Crippen LogP contribution in [0, 0.1) is 0 Å². The SMILES string of the molecule is FC1CC(Br)=CC=N1. The predicted octanol–water partition coefficient (Wildman–Crippen LogP) is 2.04. The second kappa shape index (κ2) is 2.40. The summed E-state index contributed by atoms with van der Waals surface area (Å²) in [4.78, 5) is 3.48. The average molecular weight is 178 g/mol. The highest BCUT2D eigenvalue weighted by atomic mass is 79.9. The molecule has 0 radical (unpaired) electrons. The van der Waals surface area contributed by atoms with Gasteiger partial charge >= 0.3 is 0 Å². The van der Waals surface area contributed by atoms with Gasteiger partial charge in [-0.25, -0.2) is 4.39 Å². The zero-order valence-electron chi connectivity index (χ0n) is 4.14. The number of hydrogen-bond acceptors (Lipinski definition) is 1. The largest absolute Gasteiger partial charge is 0.256 e. The quantitative estimate of drug-likeness (QED) is 0.503. The van der Waals surface area contributed by atoms with Gasteiger partial charge in [-0.2, -0.15) is 0 Å². The first-order chi connectivity index (χ1) is 3.79. The summed E-state index contributed by atoms with van der Waals surface area (Å²) < 4.78 is 13.0. The second-order valence-electron chi connectivity index (χ2n) is 1.55. The van der Waals surface area contributed by atoms with Gasteiger partial charge in [-0.1, -0.05) is 15.9 Å². The molecule has 0 bridgehead atoms. The van der Waals surface area contributed by atoms with Crippen molar-refractivity contribution in [2.45, 2.75) is 12.7 Å². The molecule has 3 heteroatoms. The van der Waals surface area contributed by atoms with Gasteiger partial charge in [0.2, 0.25) is 0 Å². The van der Waals surface area contributed by atoms with Crippen molar-refractivity contribution in [3.63, 3.8) is 0 Å². The summed E-state index contributed by atoms with van der Waals surface area (Å²) in [6.07, 6.45) is 2.57. The van der Waals surface area contributed by atoms with E-state index in [0.717, 1.165) is 4.48 Å². The Morgan fingerprint density at radius 3 is 3.00 bits per heavy atom. The summed E-state index contributed by atoms with van der Waals surface area (Å²) in [5.74, 6) is 0. The highest BCUT2D eigenvalue weighted by Crippen LogP contribution is 2.17. The van der Waals surface area contributed by atoms with E-state index in [1.54, 1.807) is 6.08 Å². The minimum absolute atomic E-state index is 0.385. The lowest BCUT2D eigenvalue weighted by molar-refractivity contribution is 0.348. The monoisotopic (exact) mass is 177 g/mol. The maximum Gasteiger partial charge on any atom is 0.194 e. The van der Waals surface area contributed by atoms with Crippen LogP contribution in [0.5, 0.6) is 0 Å². The van der Waals surface area contributed by atoms with Crippen LogP contribution in [-0.2, 0) is 0 Å². The number of hydrogen-bond donors (Lipinski definition) is 0. The van der Waals surface area contributed by atoms with E-state index in [0.29, 0.717) is 6.42 Å². The lowest BCUT2D eigenvalue weighted by Crippen LogP contribution is -1.99. The molecule has 1 nitrogen and oxygen atoms in total. The Bertz CT molecular complexity index is 141. The van der Waals surface area contributed by atoms with Crippen LogP contribution in [0.25, 0.3) is 0 Å². The molecule has 1 heterocycles. The third-order valence-corrected chi connectivity index (χ3v) is 1.45. The van der Waals surface area contributed by atoms with Gasteiger partial charge in [0.1, 0.15) is 0 Å². The third kappa shape index (κ3) is 1.40. The van der Waals surface area contributed by atoms with Crippen molar-refractivity contribution < 1.29 is 4.39 Å². The number of dihydropyridines is 1. The van der Waals surface area contributed by atoms with Gasteiger partial charge in [-0.15, -0.1) is 0 Å². The van der Waals surface area contributed by atoms with E-state index in [9.17, 15) is 4.39 Å². The van der Waals surface area contributed by atoms with Crippen LogP contribution in [0.15, 0.2) is 15.6 Å². The Balaban J connectivity index is 2.59. The van der Waals surface area contributed by atoms with Crippen molar-refractivity contribution in [2.24, 2.45) is 4.99 Å². The molecule has 0 aliphatic carbocycles. The second-order valence-corrected chi connectivity index (χ2v) is 2.57. The zero-order valence-corrected chi connectivity index (χ0v) is 5.73. The number of nitrogens with zero attached hydrogens (tertiary/aromatic N) is 1. The Labute approximate surface area is 55.4 Å². The highest BCUT2D eigenvalue weighted by Gasteiger charge is 2.06. The molecule has 1 rings (SSSR count). The van der Waals surface area contributed by atoms with Crippen molar-refractivity contribution in [3.05, 3.63) is 10.6 Å². The first-order valence-electron chi connectivity index (χ1n) is 2.31. The molecule has 0 fully saturated rings. The Hall–Kier alpha value is -0.180. The van der Waals surface area contributed by atoms with Crippen LogP contribution in [0.3, 0.4) is 0 Å². The fourth-order valence-corrected chi connectivity index (χ4v) is 0.884. The Kier molecular flexibility index (Phi) is 1.78. The predicted molar refractivity (Wildman–Crippen MR) is 35.0 cm³/mol. The number of halogens is 2. The summed E-state index contributed by atoms with van der Waals surface area (Å²) in [5, 5.41) is 0. The summed E-state index contributed by atoms with van der Waals surface area (Å²) in [6, 6.07) is 0. The Morgan fingerprint density at radius 1 is 1.88 bits per heavy atom. The molecular formula is C5H5BrFN. The van der Waals surface area contributed by atoms with Crippen molar-refractivity contribution in [2.75, 3.05) is 0 Å². The van der Waals surface area contributed by atoms with E-state index in [1.165, 1.54) is 6.21 Å². The lowest BCUT2D eigenvalue weighted by atomic mass is 10.3. The van der Waals surface area contributed by atoms with Crippen molar-refractivity contribution in [1.29, 1.82) is 0 Å². The van der Waals surface area contributed by atoms with E-state index in [-0.39, 0.29) is 0 Å². The number of aliphatic imine (C=N–C) groups is 1. The zero-order chi connectivity index (χ0) is 5.98. The fraction of sp³-hybridized carbons (Fsp3) is 0.400. The number of alkyl halides is 1. The van der Waals surface area contributed by atoms with Crippen LogP contribution in [-0.4, -0.2) is 12.5 Å². The molecule has 0 amide bonds. The van der Waals surface area contributed by atoms with E-state index in [1.807, 2.05) is 0 Å². The van der Waals surface area contributed by atoms with Gasteiger partial charge in [0.05, 0.1) is 0 Å². The highest BCUT2D eigenvalue weighted by molar-refractivity contribution is 9.11. The molecule has 44 valence electrons. The molecular weight excluding hydrogens is 173 g/mol. The molecule has 0 saturated heterocycles. The summed E-state index contributed by atoms with van der Waals surface area (Å²) in [6.45, 7) is 0. The van der Waals surface area contributed by atoms with Crippen molar-refractivity contribution in [3.8, 4) is 0 Å². The van der Waals surface area contributed by atoms with Gasteiger partial charge in [0, 0.05) is 17.1 Å². The number of allylic oxidation sites excluding steroid dienone is 1. The summed E-state index contributed by atoms with van der Waals surface area (Å²) >= 11 is 3.16. The molecule has 0 N–H and O–H groups in total. The van der Waals surface area contributed by atoms with Crippen LogP contribution >= 0.6 is 15.9 Å². The van der Waals surface area contributed by atoms with E-state index in [4.69, 9.17) is 0 Å². The molecule has 0 saturated carbocycles. The van der Waals surface area contributed by atoms with Crippen molar-refractivity contribution in [1.82, 2.24) is 0 Å². The van der Waals surface area contributed by atoms with Gasteiger partial charge in [-0.05, 0) is 6.08 Å². The molecule has 0 aromatic carbocycles. The molecule has 1 aliphatic rings. The van der Waals surface area contributed by atoms with Gasteiger partial charge in [-0.3, -0.25) is 4.99 Å². The van der Waals surface area contributed by atoms with Gasteiger partial charge in [0.15, 0.2) is 6.30 Å². The third-order valence-electron chi connectivity index (χ3n) is 0.867. The minimum atomic E-state index is -1.03. The molecule has 0 spiro atoms. The van der Waals surface area contributed by atoms with E-state index in [2.05, 4.69) is 20.9 Å². The van der Waals surface area contributed by atoms with E-state index < -0.39 is 6.30 Å². The number of rotatable bonds is 0. The van der Waals surface area contributed by atoms with Crippen molar-refractivity contribution >= 4 is 22.1 Å². The van der Waals surface area contributed by atoms with Crippen LogP contribution in [0.1, 0.15) is 6.42 Å². The smallest absolute Gasteiger partial charge is 0.194 e. The van der Waals surface area contributed by atoms with Gasteiger partial charge in [0.25, 0.3) is 0 Å². The van der Waals surface area contributed by atoms with Gasteiger partial charge < -0.3 is 0 Å². The molecule has 8 heavy (non-hydrogen) atoms. The van der Waals surface area contributed by atoms with Crippen LogP contribution in [0.4, 0.5) is 4.39 Å². The maximum atomic E-state index is 12.2. The van der Waals surface area contributed by atoms with E-state index >= 15 is 0 Å². The summed E-state index contributed by atoms with van der Waals surface area (Å²) in [5.41, 5.74) is 0.